The molecule has 6 heteroatoms. The van der Waals surface area contributed by atoms with E-state index in [0.29, 0.717) is 25.3 Å². The van der Waals surface area contributed by atoms with Crippen LogP contribution >= 0.6 is 0 Å². The van der Waals surface area contributed by atoms with E-state index in [-0.39, 0.29) is 30.9 Å². The van der Waals surface area contributed by atoms with Crippen molar-refractivity contribution in [3.05, 3.63) is 60.1 Å². The van der Waals surface area contributed by atoms with Crippen LogP contribution in [0.2, 0.25) is 0 Å². The minimum atomic E-state index is -0.396. The number of carbonyl (C=O) groups is 2. The van der Waals surface area contributed by atoms with Crippen LogP contribution in [0.4, 0.5) is 0 Å². The van der Waals surface area contributed by atoms with Crippen molar-refractivity contribution < 1.29 is 19.1 Å². The van der Waals surface area contributed by atoms with Gasteiger partial charge >= 0.3 is 0 Å². The second-order valence-corrected chi connectivity index (χ2v) is 6.33. The predicted octanol–water partition coefficient (Wildman–Crippen LogP) is 1.35. The van der Waals surface area contributed by atoms with Crippen LogP contribution < -0.4 is 5.32 Å². The minimum absolute atomic E-state index is 0.0554. The Balaban J connectivity index is 1.54. The lowest BCUT2D eigenvalue weighted by molar-refractivity contribution is -0.129. The number of aliphatic hydroxyl groups excluding tert-OH is 1. The number of aliphatic hydroxyl groups is 1. The molecule has 1 fully saturated rings. The van der Waals surface area contributed by atoms with Crippen LogP contribution in [0.1, 0.15) is 17.7 Å². The molecule has 0 aliphatic carbocycles. The second-order valence-electron chi connectivity index (χ2n) is 6.33. The van der Waals surface area contributed by atoms with Gasteiger partial charge in [0.25, 0.3) is 0 Å². The maximum Gasteiger partial charge on any atom is 0.225 e. The number of carbonyl (C=O) groups excluding carboxylic acids is 2. The molecule has 2 N–H and O–H groups in total. The first-order valence-corrected chi connectivity index (χ1v) is 8.41. The Labute approximate surface area is 146 Å². The quantitative estimate of drug-likeness (QED) is 0.796. The molecule has 0 spiro atoms. The van der Waals surface area contributed by atoms with E-state index in [4.69, 9.17) is 4.42 Å². The van der Waals surface area contributed by atoms with E-state index in [1.807, 2.05) is 36.4 Å². The lowest BCUT2D eigenvalue weighted by Crippen LogP contribution is -2.43. The summed E-state index contributed by atoms with van der Waals surface area (Å²) in [4.78, 5) is 26.2. The highest BCUT2D eigenvalue weighted by molar-refractivity contribution is 5.89. The zero-order valence-electron chi connectivity index (χ0n) is 13.9. The summed E-state index contributed by atoms with van der Waals surface area (Å²) in [5, 5.41) is 12.4. The third-order valence-electron chi connectivity index (χ3n) is 4.40. The normalized spacial score (nSPS) is 18.4. The molecule has 0 unspecified atom stereocenters. The van der Waals surface area contributed by atoms with Crippen LogP contribution in [-0.2, 0) is 22.6 Å². The number of nitrogens with zero attached hydrogens (tertiary/aromatic N) is 1. The van der Waals surface area contributed by atoms with Gasteiger partial charge in [0.05, 0.1) is 31.4 Å². The summed E-state index contributed by atoms with van der Waals surface area (Å²) in [5.74, 6) is 0.0597. The Kier molecular flexibility index (Phi) is 5.50. The Hall–Kier alpha value is -2.60. The predicted molar refractivity (Wildman–Crippen MR) is 91.4 cm³/mol. The standard InChI is InChI=1S/C19H22N2O4/c22-13-16(9-14-5-2-1-3-6-14)20-19(24)15-10-18(23)21(11-15)12-17-7-4-8-25-17/h1-8,15-16,22H,9-13H2,(H,20,24)/t15-,16-/m0/s1. The summed E-state index contributed by atoms with van der Waals surface area (Å²) >= 11 is 0. The van der Waals surface area contributed by atoms with Gasteiger partial charge < -0.3 is 19.7 Å². The first kappa shape index (κ1) is 17.2. The molecule has 2 amide bonds. The topological polar surface area (TPSA) is 82.8 Å². The summed E-state index contributed by atoms with van der Waals surface area (Å²) in [7, 11) is 0. The molecule has 132 valence electrons. The van der Waals surface area contributed by atoms with Crippen molar-refractivity contribution >= 4 is 11.8 Å². The zero-order chi connectivity index (χ0) is 17.6. The summed E-state index contributed by atoms with van der Waals surface area (Å²) in [6.07, 6.45) is 2.31. The third kappa shape index (κ3) is 4.48. The van der Waals surface area contributed by atoms with E-state index >= 15 is 0 Å². The van der Waals surface area contributed by atoms with Crippen LogP contribution in [0.25, 0.3) is 0 Å². The smallest absolute Gasteiger partial charge is 0.225 e. The van der Waals surface area contributed by atoms with Crippen LogP contribution in [-0.4, -0.2) is 41.0 Å². The molecule has 1 saturated heterocycles. The number of likely N-dealkylation sites (tertiary alicyclic amines) is 1. The highest BCUT2D eigenvalue weighted by Gasteiger charge is 2.35. The fraction of sp³-hybridized carbons (Fsp3) is 0.368. The van der Waals surface area contributed by atoms with Gasteiger partial charge in [-0.05, 0) is 24.1 Å². The van der Waals surface area contributed by atoms with Gasteiger partial charge in [0.1, 0.15) is 5.76 Å². The molecule has 0 saturated carbocycles. The lowest BCUT2D eigenvalue weighted by atomic mass is 10.0. The molecular weight excluding hydrogens is 320 g/mol. The summed E-state index contributed by atoms with van der Waals surface area (Å²) in [5.41, 5.74) is 1.05. The number of rotatable bonds is 7. The first-order chi connectivity index (χ1) is 12.2. The molecule has 1 aliphatic rings. The van der Waals surface area contributed by atoms with Crippen molar-refractivity contribution in [1.29, 1.82) is 0 Å². The summed E-state index contributed by atoms with van der Waals surface area (Å²) in [6.45, 7) is 0.606. The summed E-state index contributed by atoms with van der Waals surface area (Å²) < 4.78 is 5.26. The van der Waals surface area contributed by atoms with E-state index in [1.54, 1.807) is 17.2 Å². The highest BCUT2D eigenvalue weighted by Crippen LogP contribution is 2.21. The molecule has 1 aromatic heterocycles. The number of benzene rings is 1. The molecule has 3 rings (SSSR count). The van der Waals surface area contributed by atoms with Crippen LogP contribution in [0.3, 0.4) is 0 Å². The molecular formula is C19H22N2O4. The fourth-order valence-corrected chi connectivity index (χ4v) is 3.07. The highest BCUT2D eigenvalue weighted by atomic mass is 16.3. The van der Waals surface area contributed by atoms with Crippen molar-refractivity contribution in [2.24, 2.45) is 5.92 Å². The van der Waals surface area contributed by atoms with Crippen molar-refractivity contribution in [2.45, 2.75) is 25.4 Å². The monoisotopic (exact) mass is 342 g/mol. The van der Waals surface area contributed by atoms with Gasteiger partial charge in [-0.1, -0.05) is 30.3 Å². The first-order valence-electron chi connectivity index (χ1n) is 8.41. The molecule has 25 heavy (non-hydrogen) atoms. The van der Waals surface area contributed by atoms with Crippen LogP contribution in [0.5, 0.6) is 0 Å². The Bertz CT molecular complexity index is 699. The minimum Gasteiger partial charge on any atom is -0.467 e. The number of nitrogens with one attached hydrogen (secondary N) is 1. The van der Waals surface area contributed by atoms with Crippen molar-refractivity contribution in [3.63, 3.8) is 0 Å². The van der Waals surface area contributed by atoms with Gasteiger partial charge in [0, 0.05) is 13.0 Å². The average Bonchev–Trinajstić information content (AvgIpc) is 3.26. The van der Waals surface area contributed by atoms with Gasteiger partial charge in [-0.2, -0.15) is 0 Å². The molecule has 2 aromatic rings. The van der Waals surface area contributed by atoms with Crippen LogP contribution in [0, 0.1) is 5.92 Å². The lowest BCUT2D eigenvalue weighted by Gasteiger charge is -2.19. The largest absolute Gasteiger partial charge is 0.467 e. The SMILES string of the molecule is O=C(N[C@H](CO)Cc1ccccc1)[C@H]1CC(=O)N(Cc2ccco2)C1. The van der Waals surface area contributed by atoms with Gasteiger partial charge in [0.15, 0.2) is 0 Å². The van der Waals surface area contributed by atoms with Crippen molar-refractivity contribution in [2.75, 3.05) is 13.2 Å². The third-order valence-corrected chi connectivity index (χ3v) is 4.40. The van der Waals surface area contributed by atoms with Gasteiger partial charge in [-0.3, -0.25) is 9.59 Å². The molecule has 2 heterocycles. The Morgan fingerprint density at radius 2 is 2.08 bits per heavy atom. The van der Waals surface area contributed by atoms with E-state index < -0.39 is 5.92 Å². The molecule has 2 atom stereocenters. The maximum atomic E-state index is 12.5. The molecule has 0 bridgehead atoms. The Morgan fingerprint density at radius 3 is 2.76 bits per heavy atom. The fourth-order valence-electron chi connectivity index (χ4n) is 3.07. The maximum absolute atomic E-state index is 12.5. The number of furan rings is 1. The van der Waals surface area contributed by atoms with Gasteiger partial charge in [-0.15, -0.1) is 0 Å². The van der Waals surface area contributed by atoms with E-state index in [2.05, 4.69) is 5.32 Å². The van der Waals surface area contributed by atoms with E-state index in [0.717, 1.165) is 5.56 Å². The van der Waals surface area contributed by atoms with Gasteiger partial charge in [-0.25, -0.2) is 0 Å². The molecule has 0 radical (unpaired) electrons. The van der Waals surface area contributed by atoms with E-state index in [1.165, 1.54) is 0 Å². The average molecular weight is 342 g/mol. The second kappa shape index (κ2) is 7.98. The molecule has 1 aromatic carbocycles. The number of hydrogen-bond donors (Lipinski definition) is 2. The zero-order valence-corrected chi connectivity index (χ0v) is 13.9. The number of hydrogen-bond acceptors (Lipinski definition) is 4. The van der Waals surface area contributed by atoms with Gasteiger partial charge in [0.2, 0.25) is 11.8 Å². The Morgan fingerprint density at radius 1 is 1.28 bits per heavy atom. The van der Waals surface area contributed by atoms with Crippen LogP contribution in [0.15, 0.2) is 53.1 Å². The summed E-state index contributed by atoms with van der Waals surface area (Å²) in [6, 6.07) is 12.9. The van der Waals surface area contributed by atoms with Crippen molar-refractivity contribution in [1.82, 2.24) is 10.2 Å². The van der Waals surface area contributed by atoms with Crippen molar-refractivity contribution in [3.8, 4) is 0 Å². The number of amides is 2. The molecule has 6 nitrogen and oxygen atoms in total. The molecule has 1 aliphatic heterocycles. The van der Waals surface area contributed by atoms with E-state index in [9.17, 15) is 14.7 Å².